The minimum Gasteiger partial charge on any atom is -0.493 e. The van der Waals surface area contributed by atoms with Crippen molar-refractivity contribution in [3.8, 4) is 5.88 Å². The van der Waals surface area contributed by atoms with Crippen LogP contribution in [0.5, 0.6) is 5.88 Å². The van der Waals surface area contributed by atoms with Crippen molar-refractivity contribution in [3.63, 3.8) is 0 Å². The zero-order valence-corrected chi connectivity index (χ0v) is 19.5. The topological polar surface area (TPSA) is 83.1 Å². The van der Waals surface area contributed by atoms with Gasteiger partial charge in [0.25, 0.3) is 0 Å². The van der Waals surface area contributed by atoms with E-state index in [-0.39, 0.29) is 17.3 Å². The van der Waals surface area contributed by atoms with Crippen LogP contribution in [0.4, 0.5) is 5.69 Å². The lowest BCUT2D eigenvalue weighted by atomic mass is 10.2. The van der Waals surface area contributed by atoms with Crippen molar-refractivity contribution in [2.24, 2.45) is 10.2 Å². The third-order valence-corrected chi connectivity index (χ3v) is 5.59. The third kappa shape index (κ3) is 5.77. The predicted molar refractivity (Wildman–Crippen MR) is 126 cm³/mol. The van der Waals surface area contributed by atoms with Gasteiger partial charge in [-0.2, -0.15) is 0 Å². The van der Waals surface area contributed by atoms with Crippen molar-refractivity contribution < 1.29 is 9.90 Å². The molecule has 3 rings (SSSR count). The number of halogens is 1. The maximum atomic E-state index is 12.3. The van der Waals surface area contributed by atoms with Gasteiger partial charge in [-0.25, -0.2) is 0 Å². The molecular formula is C23H28BrN5O2. The van der Waals surface area contributed by atoms with E-state index in [1.54, 1.807) is 18.2 Å². The number of rotatable bonds is 10. The van der Waals surface area contributed by atoms with Gasteiger partial charge >= 0.3 is 5.91 Å². The summed E-state index contributed by atoms with van der Waals surface area (Å²) >= 11 is 3.49. The molecule has 1 amide bonds. The fourth-order valence-electron chi connectivity index (χ4n) is 3.39. The normalized spacial score (nSPS) is 11.7. The van der Waals surface area contributed by atoms with Crippen LogP contribution in [0.2, 0.25) is 0 Å². The molecule has 164 valence electrons. The van der Waals surface area contributed by atoms with Crippen LogP contribution in [0.15, 0.2) is 57.3 Å². The summed E-state index contributed by atoms with van der Waals surface area (Å²) in [6.07, 6.45) is 5.96. The molecule has 0 fully saturated rings. The number of amides is 1. The average molecular weight is 486 g/mol. The first-order valence-electron chi connectivity index (χ1n) is 10.6. The van der Waals surface area contributed by atoms with Crippen LogP contribution in [0.3, 0.4) is 0 Å². The molecule has 0 radical (unpaired) electrons. The number of unbranched alkanes of at least 4 members (excludes halogenated alkanes) is 2. The summed E-state index contributed by atoms with van der Waals surface area (Å²) in [6.45, 7) is 6.82. The second-order valence-corrected chi connectivity index (χ2v) is 8.36. The van der Waals surface area contributed by atoms with Crippen LogP contribution in [0, 0.1) is 0 Å². The van der Waals surface area contributed by atoms with Gasteiger partial charge in [-0.1, -0.05) is 48.7 Å². The van der Waals surface area contributed by atoms with Gasteiger partial charge in [-0.05, 0) is 56.3 Å². The average Bonchev–Trinajstić information content (AvgIpc) is 3.04. The van der Waals surface area contributed by atoms with Crippen molar-refractivity contribution in [1.82, 2.24) is 14.5 Å². The van der Waals surface area contributed by atoms with E-state index in [4.69, 9.17) is 0 Å². The highest BCUT2D eigenvalue weighted by Gasteiger charge is 2.19. The largest absolute Gasteiger partial charge is 0.493 e. The first kappa shape index (κ1) is 23.1. The molecule has 31 heavy (non-hydrogen) atoms. The summed E-state index contributed by atoms with van der Waals surface area (Å²) in [7, 11) is 0. The molecule has 0 aliphatic heterocycles. The van der Waals surface area contributed by atoms with Crippen LogP contribution in [0.25, 0.3) is 10.9 Å². The Kier molecular flexibility index (Phi) is 8.31. The summed E-state index contributed by atoms with van der Waals surface area (Å²) in [4.78, 5) is 18.7. The molecule has 0 spiro atoms. The third-order valence-electron chi connectivity index (χ3n) is 5.09. The number of carbonyl (C=O) groups excluding carboxylic acids is 1. The van der Waals surface area contributed by atoms with Crippen LogP contribution in [0.1, 0.15) is 50.0 Å². The molecule has 7 nitrogen and oxygen atoms in total. The Hall–Kier alpha value is -2.58. The lowest BCUT2D eigenvalue weighted by Gasteiger charge is -2.23. The van der Waals surface area contributed by atoms with Gasteiger partial charge in [0.05, 0.1) is 12.2 Å². The summed E-state index contributed by atoms with van der Waals surface area (Å²) in [5, 5.41) is 19.7. The highest BCUT2D eigenvalue weighted by atomic mass is 79.9. The van der Waals surface area contributed by atoms with E-state index in [1.165, 1.54) is 6.20 Å². The number of nitrogens with zero attached hydrogens (tertiary/aromatic N) is 5. The zero-order valence-electron chi connectivity index (χ0n) is 18.0. The number of benzene rings is 1. The second kappa shape index (κ2) is 11.2. The molecule has 0 aliphatic rings. The summed E-state index contributed by atoms with van der Waals surface area (Å²) in [6, 6.07) is 10.8. The molecule has 0 bridgehead atoms. The Morgan fingerprint density at radius 3 is 2.55 bits per heavy atom. The van der Waals surface area contributed by atoms with E-state index < -0.39 is 5.91 Å². The van der Waals surface area contributed by atoms with Crippen molar-refractivity contribution >= 4 is 38.4 Å². The van der Waals surface area contributed by atoms with E-state index in [1.807, 2.05) is 22.8 Å². The monoisotopic (exact) mass is 485 g/mol. The molecular weight excluding hydrogens is 458 g/mol. The molecule has 1 aromatic carbocycles. The summed E-state index contributed by atoms with van der Waals surface area (Å²) in [5.41, 5.74) is 1.34. The molecule has 0 saturated heterocycles. The van der Waals surface area contributed by atoms with E-state index in [0.29, 0.717) is 6.67 Å². The molecule has 0 atom stereocenters. The molecule has 1 N–H and O–H groups in total. The molecule has 0 saturated carbocycles. The smallest absolute Gasteiger partial charge is 0.313 e. The van der Waals surface area contributed by atoms with Crippen molar-refractivity contribution in [2.45, 2.75) is 46.2 Å². The number of fused-ring (bicyclic) bond motifs is 1. The number of aromatic nitrogens is 2. The highest BCUT2D eigenvalue weighted by molar-refractivity contribution is 9.10. The number of aromatic hydroxyl groups is 1. The van der Waals surface area contributed by atoms with Crippen LogP contribution in [-0.2, 0) is 6.67 Å². The number of hydrogen-bond donors (Lipinski definition) is 1. The van der Waals surface area contributed by atoms with Gasteiger partial charge < -0.3 is 5.11 Å². The maximum absolute atomic E-state index is 12.3. The SMILES string of the molecule is CCCCN(CCCC)Cn1c(O)c(N=NC(=O)c2ccccn2)c2cc(Br)ccc21. The summed E-state index contributed by atoms with van der Waals surface area (Å²) < 4.78 is 2.70. The van der Waals surface area contributed by atoms with Gasteiger partial charge in [0.15, 0.2) is 5.69 Å². The van der Waals surface area contributed by atoms with E-state index in [0.717, 1.165) is 54.1 Å². The lowest BCUT2D eigenvalue weighted by molar-refractivity contribution is 0.0990. The minimum atomic E-state index is -0.552. The van der Waals surface area contributed by atoms with Crippen molar-refractivity contribution in [2.75, 3.05) is 13.1 Å². The quantitative estimate of drug-likeness (QED) is 0.342. The highest BCUT2D eigenvalue weighted by Crippen LogP contribution is 2.40. The molecule has 0 aliphatic carbocycles. The first-order valence-corrected chi connectivity index (χ1v) is 11.4. The number of pyridine rings is 1. The van der Waals surface area contributed by atoms with Gasteiger partial charge in [-0.3, -0.25) is 19.2 Å². The Bertz CT molecular complexity index is 1040. The second-order valence-electron chi connectivity index (χ2n) is 7.45. The van der Waals surface area contributed by atoms with Crippen LogP contribution in [-0.4, -0.2) is 38.6 Å². The maximum Gasteiger partial charge on any atom is 0.313 e. The lowest BCUT2D eigenvalue weighted by Crippen LogP contribution is -2.28. The Balaban J connectivity index is 1.96. The standard InChI is InChI=1S/C23H28BrN5O2/c1-3-5-13-28(14-6-4-2)16-29-20-11-10-17(24)15-18(20)21(23(29)31)26-27-22(30)19-9-7-8-12-25-19/h7-12,15,31H,3-6,13-14,16H2,1-2H3. The first-order chi connectivity index (χ1) is 15.0. The van der Waals surface area contributed by atoms with Crippen molar-refractivity contribution in [3.05, 3.63) is 52.8 Å². The number of hydrogen-bond acceptors (Lipinski definition) is 5. The fourth-order valence-corrected chi connectivity index (χ4v) is 3.75. The molecule has 8 heteroatoms. The number of azo groups is 1. The van der Waals surface area contributed by atoms with Crippen LogP contribution >= 0.6 is 15.9 Å². The van der Waals surface area contributed by atoms with Crippen LogP contribution < -0.4 is 0 Å². The van der Waals surface area contributed by atoms with Gasteiger partial charge in [0, 0.05) is 16.1 Å². The zero-order chi connectivity index (χ0) is 22.2. The molecule has 2 aromatic heterocycles. The minimum absolute atomic E-state index is 0.00340. The Morgan fingerprint density at radius 1 is 1.16 bits per heavy atom. The van der Waals surface area contributed by atoms with Gasteiger partial charge in [0.1, 0.15) is 5.69 Å². The molecule has 2 heterocycles. The van der Waals surface area contributed by atoms with Gasteiger partial charge in [0.2, 0.25) is 5.88 Å². The fraction of sp³-hybridized carbons (Fsp3) is 0.391. The summed E-state index contributed by atoms with van der Waals surface area (Å²) in [5.74, 6) is -0.549. The van der Waals surface area contributed by atoms with E-state index >= 15 is 0 Å². The van der Waals surface area contributed by atoms with Crippen molar-refractivity contribution in [1.29, 1.82) is 0 Å². The number of carbonyl (C=O) groups is 1. The van der Waals surface area contributed by atoms with E-state index in [2.05, 4.69) is 49.9 Å². The molecule has 0 unspecified atom stereocenters. The Labute approximate surface area is 190 Å². The Morgan fingerprint density at radius 2 is 1.90 bits per heavy atom. The van der Waals surface area contributed by atoms with E-state index in [9.17, 15) is 9.90 Å². The van der Waals surface area contributed by atoms with Gasteiger partial charge in [-0.15, -0.1) is 10.2 Å². The predicted octanol–water partition coefficient (Wildman–Crippen LogP) is 6.29. The molecule has 3 aromatic rings.